The van der Waals surface area contributed by atoms with Gasteiger partial charge in [-0.1, -0.05) is 44.2 Å². The number of nitrogens with zero attached hydrogens (tertiary/aromatic N) is 3. The zero-order valence-corrected chi connectivity index (χ0v) is 12.4. The van der Waals surface area contributed by atoms with Gasteiger partial charge in [0.15, 0.2) is 5.52 Å². The molecule has 0 aliphatic heterocycles. The van der Waals surface area contributed by atoms with E-state index in [9.17, 15) is 4.79 Å². The average molecular weight is 282 g/mol. The van der Waals surface area contributed by atoms with Crippen LogP contribution in [-0.4, -0.2) is 19.7 Å². The summed E-state index contributed by atoms with van der Waals surface area (Å²) in [6.07, 6.45) is 0.610. The van der Waals surface area contributed by atoms with Crippen LogP contribution >= 0.6 is 0 Å². The van der Waals surface area contributed by atoms with Crippen molar-refractivity contribution in [2.75, 3.05) is 0 Å². The molecule has 1 aromatic carbocycles. The molecule has 0 saturated carbocycles. The van der Waals surface area contributed by atoms with E-state index in [1.807, 2.05) is 30.3 Å². The van der Waals surface area contributed by atoms with Gasteiger partial charge in [0.1, 0.15) is 11.3 Å². The number of H-pyrrole nitrogens is 1. The second-order valence-corrected chi connectivity index (χ2v) is 5.54. The summed E-state index contributed by atoms with van der Waals surface area (Å²) in [6, 6.07) is 9.99. The maximum Gasteiger partial charge on any atom is 0.277 e. The van der Waals surface area contributed by atoms with Crippen molar-refractivity contribution in [2.24, 2.45) is 7.05 Å². The van der Waals surface area contributed by atoms with Gasteiger partial charge in [-0.2, -0.15) is 5.10 Å². The Hall–Kier alpha value is -2.43. The summed E-state index contributed by atoms with van der Waals surface area (Å²) in [6.45, 7) is 4.11. The van der Waals surface area contributed by atoms with Gasteiger partial charge < -0.3 is 4.98 Å². The molecule has 108 valence electrons. The van der Waals surface area contributed by atoms with E-state index in [0.717, 1.165) is 11.3 Å². The van der Waals surface area contributed by atoms with Crippen molar-refractivity contribution in [2.45, 2.75) is 26.2 Å². The summed E-state index contributed by atoms with van der Waals surface area (Å²) < 4.78 is 1.61. The number of aromatic nitrogens is 4. The van der Waals surface area contributed by atoms with Crippen LogP contribution in [0.1, 0.15) is 36.8 Å². The van der Waals surface area contributed by atoms with Gasteiger partial charge in [0.05, 0.1) is 5.69 Å². The summed E-state index contributed by atoms with van der Waals surface area (Å²) >= 11 is 0. The zero-order valence-electron chi connectivity index (χ0n) is 12.4. The van der Waals surface area contributed by atoms with Crippen LogP contribution in [0.5, 0.6) is 0 Å². The highest BCUT2D eigenvalue weighted by Gasteiger charge is 2.17. The predicted octanol–water partition coefficient (Wildman–Crippen LogP) is 2.37. The fraction of sp³-hybridized carbons (Fsp3) is 0.312. The van der Waals surface area contributed by atoms with Crippen molar-refractivity contribution >= 4 is 11.0 Å². The Kier molecular flexibility index (Phi) is 3.33. The van der Waals surface area contributed by atoms with Gasteiger partial charge in [-0.05, 0) is 11.5 Å². The largest absolute Gasteiger partial charge is 0.308 e. The summed E-state index contributed by atoms with van der Waals surface area (Å²) in [5, 5.41) is 4.43. The standard InChI is InChI=1S/C16H18N4O/c1-10(2)13-14-15(20(3)19-13)16(21)18-12(17-14)9-11-7-5-4-6-8-11/h4-8,10H,9H2,1-3H3,(H,17,18,21). The Morgan fingerprint density at radius 2 is 1.95 bits per heavy atom. The molecule has 2 aromatic heterocycles. The number of hydrogen-bond acceptors (Lipinski definition) is 3. The van der Waals surface area contributed by atoms with Crippen molar-refractivity contribution in [3.63, 3.8) is 0 Å². The van der Waals surface area contributed by atoms with Crippen LogP contribution in [0.15, 0.2) is 35.1 Å². The fourth-order valence-corrected chi connectivity index (χ4v) is 2.51. The van der Waals surface area contributed by atoms with Gasteiger partial charge in [-0.25, -0.2) is 4.98 Å². The first kappa shape index (κ1) is 13.5. The molecule has 5 nitrogen and oxygen atoms in total. The summed E-state index contributed by atoms with van der Waals surface area (Å²) in [4.78, 5) is 19.8. The first-order valence-electron chi connectivity index (χ1n) is 7.06. The lowest BCUT2D eigenvalue weighted by atomic mass is 10.1. The molecule has 3 aromatic rings. The minimum atomic E-state index is -0.132. The van der Waals surface area contributed by atoms with Crippen LogP contribution in [0.25, 0.3) is 11.0 Å². The number of benzene rings is 1. The lowest BCUT2D eigenvalue weighted by Crippen LogP contribution is -2.14. The van der Waals surface area contributed by atoms with E-state index in [4.69, 9.17) is 0 Å². The number of aryl methyl sites for hydroxylation is 1. The van der Waals surface area contributed by atoms with E-state index in [-0.39, 0.29) is 11.5 Å². The third-order valence-electron chi connectivity index (χ3n) is 3.53. The highest BCUT2D eigenvalue weighted by Crippen LogP contribution is 2.20. The van der Waals surface area contributed by atoms with Crippen LogP contribution in [0.3, 0.4) is 0 Å². The second kappa shape index (κ2) is 5.16. The number of nitrogens with one attached hydrogen (secondary N) is 1. The highest BCUT2D eigenvalue weighted by molar-refractivity contribution is 5.77. The van der Waals surface area contributed by atoms with E-state index in [2.05, 4.69) is 28.9 Å². The smallest absolute Gasteiger partial charge is 0.277 e. The van der Waals surface area contributed by atoms with Crippen LogP contribution in [0.4, 0.5) is 0 Å². The van der Waals surface area contributed by atoms with Crippen LogP contribution in [0.2, 0.25) is 0 Å². The minimum absolute atomic E-state index is 0.132. The minimum Gasteiger partial charge on any atom is -0.308 e. The first-order chi connectivity index (χ1) is 10.1. The third kappa shape index (κ3) is 2.46. The molecular formula is C16H18N4O. The molecule has 0 unspecified atom stereocenters. The fourth-order valence-electron chi connectivity index (χ4n) is 2.51. The summed E-state index contributed by atoms with van der Waals surface area (Å²) in [5.41, 5.74) is 3.11. The van der Waals surface area contributed by atoms with Gasteiger partial charge in [-0.15, -0.1) is 0 Å². The Labute approximate surface area is 122 Å². The van der Waals surface area contributed by atoms with Gasteiger partial charge >= 0.3 is 0 Å². The van der Waals surface area contributed by atoms with E-state index in [1.165, 1.54) is 0 Å². The molecule has 0 aliphatic rings. The summed E-state index contributed by atoms with van der Waals surface area (Å²) in [7, 11) is 1.78. The molecule has 3 rings (SSSR count). The van der Waals surface area contributed by atoms with Gasteiger partial charge in [-0.3, -0.25) is 9.48 Å². The van der Waals surface area contributed by atoms with Crippen molar-refractivity contribution in [1.29, 1.82) is 0 Å². The molecule has 21 heavy (non-hydrogen) atoms. The van der Waals surface area contributed by atoms with E-state index < -0.39 is 0 Å². The quantitative estimate of drug-likeness (QED) is 0.802. The monoisotopic (exact) mass is 282 g/mol. The van der Waals surface area contributed by atoms with Crippen LogP contribution < -0.4 is 5.56 Å². The molecule has 0 atom stereocenters. The average Bonchev–Trinajstić information content (AvgIpc) is 2.78. The highest BCUT2D eigenvalue weighted by atomic mass is 16.1. The van der Waals surface area contributed by atoms with Gasteiger partial charge in [0, 0.05) is 13.5 Å². The SMILES string of the molecule is CC(C)c1nn(C)c2c(=O)[nH]c(Cc3ccccc3)nc12. The number of aromatic amines is 1. The Morgan fingerprint density at radius 3 is 2.62 bits per heavy atom. The molecule has 1 N–H and O–H groups in total. The van der Waals surface area contributed by atoms with Gasteiger partial charge in [0.25, 0.3) is 5.56 Å². The first-order valence-corrected chi connectivity index (χ1v) is 7.06. The molecule has 0 amide bonds. The Morgan fingerprint density at radius 1 is 1.24 bits per heavy atom. The molecule has 0 fully saturated rings. The second-order valence-electron chi connectivity index (χ2n) is 5.54. The molecule has 0 radical (unpaired) electrons. The van der Waals surface area contributed by atoms with E-state index in [0.29, 0.717) is 23.3 Å². The van der Waals surface area contributed by atoms with Crippen molar-refractivity contribution in [3.8, 4) is 0 Å². The predicted molar refractivity (Wildman–Crippen MR) is 82.5 cm³/mol. The number of rotatable bonds is 3. The van der Waals surface area contributed by atoms with Crippen molar-refractivity contribution < 1.29 is 0 Å². The topological polar surface area (TPSA) is 63.6 Å². The zero-order chi connectivity index (χ0) is 15.0. The van der Waals surface area contributed by atoms with Crippen molar-refractivity contribution in [1.82, 2.24) is 19.7 Å². The maximum absolute atomic E-state index is 12.3. The van der Waals surface area contributed by atoms with Gasteiger partial charge in [0.2, 0.25) is 0 Å². The maximum atomic E-state index is 12.3. The molecule has 0 bridgehead atoms. The Balaban J connectivity index is 2.14. The molecular weight excluding hydrogens is 264 g/mol. The molecule has 2 heterocycles. The van der Waals surface area contributed by atoms with Crippen molar-refractivity contribution in [3.05, 3.63) is 57.8 Å². The number of fused-ring (bicyclic) bond motifs is 1. The molecule has 0 saturated heterocycles. The number of hydrogen-bond donors (Lipinski definition) is 1. The van der Waals surface area contributed by atoms with Crippen LogP contribution in [0, 0.1) is 0 Å². The lowest BCUT2D eigenvalue weighted by Gasteiger charge is -2.03. The Bertz CT molecular complexity index is 831. The van der Waals surface area contributed by atoms with E-state index >= 15 is 0 Å². The van der Waals surface area contributed by atoms with E-state index in [1.54, 1.807) is 11.7 Å². The third-order valence-corrected chi connectivity index (χ3v) is 3.53. The summed E-state index contributed by atoms with van der Waals surface area (Å²) in [5.74, 6) is 0.904. The molecule has 5 heteroatoms. The van der Waals surface area contributed by atoms with Crippen LogP contribution in [-0.2, 0) is 13.5 Å². The molecule has 0 spiro atoms. The molecule has 0 aliphatic carbocycles. The normalized spacial score (nSPS) is 11.4. The lowest BCUT2D eigenvalue weighted by molar-refractivity contribution is 0.727.